The molecule has 0 bridgehead atoms. The van der Waals surface area contributed by atoms with Crippen molar-refractivity contribution in [3.05, 3.63) is 71.8 Å². The van der Waals surface area contributed by atoms with E-state index >= 15 is 9.59 Å². The number of amides is 8. The van der Waals surface area contributed by atoms with Gasteiger partial charge in [0.2, 0.25) is 41.4 Å². The lowest BCUT2D eigenvalue weighted by Gasteiger charge is -2.38. The Morgan fingerprint density at radius 3 is 1.47 bits per heavy atom. The minimum absolute atomic E-state index is 0.0184. The summed E-state index contributed by atoms with van der Waals surface area (Å²) >= 11 is 0. The van der Waals surface area contributed by atoms with E-state index in [-0.39, 0.29) is 38.1 Å². The number of nitrogens with zero attached hydrogens (tertiary/aromatic N) is 5. The van der Waals surface area contributed by atoms with Crippen LogP contribution in [0.4, 0.5) is 0 Å². The van der Waals surface area contributed by atoms with Gasteiger partial charge >= 0.3 is 5.97 Å². The summed E-state index contributed by atoms with van der Waals surface area (Å²) in [5, 5.41) is 8.87. The van der Waals surface area contributed by atoms with E-state index in [1.807, 2.05) is 88.4 Å². The summed E-state index contributed by atoms with van der Waals surface area (Å²) in [6.45, 7) is 21.6. The zero-order valence-electron chi connectivity index (χ0n) is 48.7. The Kier molecular flexibility index (Phi) is 23.3. The highest BCUT2D eigenvalue weighted by Crippen LogP contribution is 2.26. The van der Waals surface area contributed by atoms with Gasteiger partial charge in [-0.25, -0.2) is 4.79 Å². The SMILES string of the molecule is CC[C@@H](C)[C@@H]1NC(=O)[C@@H]2CCCN2C(=O)[C@@H](Cc2ccccc2)N(C)C(=O)[C@H](Cc2ccccc2)NC(=O)[C@@H](C(C)C)N(C)C(=O)[C@@H](C(C)C)OC(=O)[C@H](C(C)C)N(C)C(=O)[C@H](CC(C)C)NC(=O)[C@H](C(C)C)N(C)C1=O. The zero-order valence-corrected chi connectivity index (χ0v) is 48.7. The molecule has 8 amide bonds. The van der Waals surface area contributed by atoms with Crippen molar-refractivity contribution >= 4 is 53.2 Å². The van der Waals surface area contributed by atoms with Crippen molar-refractivity contribution in [2.24, 2.45) is 35.5 Å². The molecule has 2 aromatic carbocycles. The maximum atomic E-state index is 15.3. The summed E-state index contributed by atoms with van der Waals surface area (Å²) < 4.78 is 6.10. The minimum Gasteiger partial charge on any atom is -0.450 e. The number of hydrogen-bond acceptors (Lipinski definition) is 10. The van der Waals surface area contributed by atoms with E-state index in [0.717, 1.165) is 5.56 Å². The van der Waals surface area contributed by atoms with Crippen LogP contribution < -0.4 is 16.0 Å². The van der Waals surface area contributed by atoms with Crippen molar-refractivity contribution in [3.63, 3.8) is 0 Å². The standard InChI is InChI=1S/C59H90N8O10/c1-17-39(12)46-57(74)64(14)47(35(4)5)52(69)60-42(31-34(2)3)55(72)66(16)49(37(8)9)59(76)77-50(38(10)11)58(75)65(15)48(36(6)7)53(70)61-43(32-40-25-20-18-21-26-40)54(71)63(13)45(33-41-27-22-19-23-28-41)56(73)67-30-24-29-44(67)51(68)62-46/h18-23,25-28,34-39,42-50H,17,24,29-33H2,1-16H3,(H,60,69)(H,61,70)(H,62,68)/t39-,42+,43+,44+,45-,46+,47+,48-,49+,50-/m1/s1. The number of esters is 1. The summed E-state index contributed by atoms with van der Waals surface area (Å²) in [6.07, 6.45) is 0.0670. The first kappa shape index (κ1) is 63.2. The molecule has 0 aliphatic carbocycles. The van der Waals surface area contributed by atoms with Crippen LogP contribution in [-0.2, 0) is 60.7 Å². The molecule has 2 aromatic rings. The molecule has 2 aliphatic rings. The molecule has 0 aromatic heterocycles. The zero-order chi connectivity index (χ0) is 57.7. The highest BCUT2D eigenvalue weighted by molar-refractivity contribution is 5.99. The molecular formula is C59H90N8O10. The summed E-state index contributed by atoms with van der Waals surface area (Å²) in [4.78, 5) is 140. The van der Waals surface area contributed by atoms with Gasteiger partial charge in [-0.05, 0) is 65.9 Å². The monoisotopic (exact) mass is 1070 g/mol. The molecule has 0 saturated carbocycles. The minimum atomic E-state index is -1.41. The third kappa shape index (κ3) is 15.9. The number of likely N-dealkylation sites (N-methyl/N-ethyl adjacent to an activating group) is 4. The quantitative estimate of drug-likeness (QED) is 0.246. The number of ether oxygens (including phenoxy) is 1. The molecule has 3 N–H and O–H groups in total. The molecule has 2 fully saturated rings. The van der Waals surface area contributed by atoms with Crippen molar-refractivity contribution in [1.29, 1.82) is 0 Å². The second-order valence-electron chi connectivity index (χ2n) is 23.2. The van der Waals surface area contributed by atoms with Gasteiger partial charge in [-0.15, -0.1) is 0 Å². The maximum absolute atomic E-state index is 15.3. The number of fused-ring (bicyclic) bond motifs is 1. The predicted octanol–water partition coefficient (Wildman–Crippen LogP) is 4.87. The highest BCUT2D eigenvalue weighted by atomic mass is 16.6. The molecule has 10 atom stereocenters. The first-order chi connectivity index (χ1) is 36.1. The normalized spacial score (nSPS) is 26.4. The van der Waals surface area contributed by atoms with E-state index in [4.69, 9.17) is 4.74 Å². The molecule has 77 heavy (non-hydrogen) atoms. The molecule has 0 unspecified atom stereocenters. The lowest BCUT2D eigenvalue weighted by molar-refractivity contribution is -0.171. The Labute approximate surface area is 458 Å². The summed E-state index contributed by atoms with van der Waals surface area (Å²) in [5.74, 6) is -8.27. The molecule has 18 heteroatoms. The second-order valence-corrected chi connectivity index (χ2v) is 23.2. The van der Waals surface area contributed by atoms with Gasteiger partial charge in [0.05, 0.1) is 0 Å². The topological polar surface area (TPSA) is 215 Å². The molecule has 2 saturated heterocycles. The Bertz CT molecular complexity index is 2360. The molecule has 2 heterocycles. The Balaban J connectivity index is 1.95. The van der Waals surface area contributed by atoms with Crippen LogP contribution in [0.2, 0.25) is 0 Å². The summed E-state index contributed by atoms with van der Waals surface area (Å²) in [6, 6.07) is 9.06. The maximum Gasteiger partial charge on any atom is 0.329 e. The number of hydrogen-bond donors (Lipinski definition) is 3. The number of rotatable bonds is 12. The van der Waals surface area contributed by atoms with Crippen molar-refractivity contribution in [2.45, 2.75) is 176 Å². The van der Waals surface area contributed by atoms with Crippen molar-refractivity contribution < 1.29 is 47.9 Å². The van der Waals surface area contributed by atoms with Crippen molar-refractivity contribution in [1.82, 2.24) is 40.4 Å². The Morgan fingerprint density at radius 2 is 0.987 bits per heavy atom. The van der Waals surface area contributed by atoms with Crippen LogP contribution in [0, 0.1) is 35.5 Å². The van der Waals surface area contributed by atoms with Crippen LogP contribution in [0.1, 0.15) is 120 Å². The van der Waals surface area contributed by atoms with Crippen molar-refractivity contribution in [2.75, 3.05) is 34.7 Å². The number of carbonyl (C=O) groups is 9. The first-order valence-corrected chi connectivity index (χ1v) is 27.7. The third-order valence-electron chi connectivity index (χ3n) is 15.3. The van der Waals surface area contributed by atoms with Gasteiger partial charge in [0, 0.05) is 47.6 Å². The fourth-order valence-corrected chi connectivity index (χ4v) is 10.8. The lowest BCUT2D eigenvalue weighted by Crippen LogP contribution is -2.62. The van der Waals surface area contributed by atoms with Gasteiger partial charge < -0.3 is 45.2 Å². The van der Waals surface area contributed by atoms with Crippen LogP contribution in [0.25, 0.3) is 0 Å². The van der Waals surface area contributed by atoms with Crippen LogP contribution in [0.3, 0.4) is 0 Å². The molecular weight excluding hydrogens is 981 g/mol. The van der Waals surface area contributed by atoms with Gasteiger partial charge in [-0.1, -0.05) is 150 Å². The fraction of sp³-hybridized carbons (Fsp3) is 0.644. The molecule has 426 valence electrons. The number of carbonyl (C=O) groups excluding carboxylic acids is 9. The van der Waals surface area contributed by atoms with Gasteiger partial charge in [0.15, 0.2) is 6.10 Å². The first-order valence-electron chi connectivity index (χ1n) is 27.7. The Morgan fingerprint density at radius 1 is 0.519 bits per heavy atom. The number of benzene rings is 2. The molecule has 4 rings (SSSR count). The van der Waals surface area contributed by atoms with Crippen molar-refractivity contribution in [3.8, 4) is 0 Å². The third-order valence-corrected chi connectivity index (χ3v) is 15.3. The molecule has 0 spiro atoms. The highest BCUT2D eigenvalue weighted by Gasteiger charge is 2.46. The van der Waals surface area contributed by atoms with Gasteiger partial charge in [-0.2, -0.15) is 0 Å². The van der Waals surface area contributed by atoms with E-state index in [9.17, 15) is 33.6 Å². The van der Waals surface area contributed by atoms with Crippen LogP contribution in [0.15, 0.2) is 60.7 Å². The van der Waals surface area contributed by atoms with Gasteiger partial charge in [-0.3, -0.25) is 38.4 Å². The van der Waals surface area contributed by atoms with Gasteiger partial charge in [0.25, 0.3) is 5.91 Å². The van der Waals surface area contributed by atoms with Crippen LogP contribution in [-0.4, -0.2) is 167 Å². The largest absolute Gasteiger partial charge is 0.450 e. The molecule has 0 radical (unpaired) electrons. The van der Waals surface area contributed by atoms with Gasteiger partial charge in [0.1, 0.15) is 48.3 Å². The van der Waals surface area contributed by atoms with E-state index < -0.39 is 137 Å². The van der Waals surface area contributed by atoms with E-state index in [0.29, 0.717) is 18.4 Å². The second kappa shape index (κ2) is 28.3. The number of nitrogens with one attached hydrogen (secondary N) is 3. The smallest absolute Gasteiger partial charge is 0.329 e. The number of cyclic esters (lactones) is 1. The van der Waals surface area contributed by atoms with Crippen LogP contribution in [0.5, 0.6) is 0 Å². The average Bonchev–Trinajstić information content (AvgIpc) is 3.87. The van der Waals surface area contributed by atoms with E-state index in [1.165, 1.54) is 52.7 Å². The van der Waals surface area contributed by atoms with E-state index in [2.05, 4.69) is 16.0 Å². The predicted molar refractivity (Wildman–Crippen MR) is 295 cm³/mol. The fourth-order valence-electron chi connectivity index (χ4n) is 10.8. The Hall–Kier alpha value is -6.33. The molecule has 18 nitrogen and oxygen atoms in total. The lowest BCUT2D eigenvalue weighted by atomic mass is 9.94. The summed E-state index contributed by atoms with van der Waals surface area (Å²) in [7, 11) is 5.89. The van der Waals surface area contributed by atoms with E-state index in [1.54, 1.807) is 55.4 Å². The van der Waals surface area contributed by atoms with Crippen LogP contribution >= 0.6 is 0 Å². The molecule has 2 aliphatic heterocycles. The summed E-state index contributed by atoms with van der Waals surface area (Å²) in [5.41, 5.74) is 1.45. The average molecular weight is 1070 g/mol.